The first-order chi connectivity index (χ1) is 16.7. The Kier molecular flexibility index (Phi) is 10.1. The number of rotatable bonds is 4. The first-order valence-electron chi connectivity index (χ1n) is 13.4. The van der Waals surface area contributed by atoms with Crippen LogP contribution in [0.2, 0.25) is 0 Å². The molecule has 0 N–H and O–H groups in total. The fourth-order valence-corrected chi connectivity index (χ4v) is 4.91. The quantitative estimate of drug-likeness (QED) is 0.493. The average Bonchev–Trinajstić information content (AvgIpc) is 3.59. The van der Waals surface area contributed by atoms with Gasteiger partial charge in [-0.1, -0.05) is 39.8 Å². The molecule has 34 heavy (non-hydrogen) atoms. The van der Waals surface area contributed by atoms with Crippen LogP contribution in [-0.4, -0.2) is 47.0 Å². The highest BCUT2D eigenvalue weighted by Crippen LogP contribution is 2.33. The Morgan fingerprint density at radius 1 is 0.853 bits per heavy atom. The smallest absolute Gasteiger partial charge is 0.150 e. The van der Waals surface area contributed by atoms with E-state index in [2.05, 4.69) is 53.6 Å². The maximum absolute atomic E-state index is 5.92. The minimum atomic E-state index is 0.0795. The molecule has 2 aromatic rings. The largest absolute Gasteiger partial charge is 0.357 e. The Morgan fingerprint density at radius 2 is 1.53 bits per heavy atom. The molecule has 3 unspecified atom stereocenters. The minimum absolute atomic E-state index is 0.0795. The lowest BCUT2D eigenvalue weighted by molar-refractivity contribution is -0.0816. The number of nitrogens with zero attached hydrogens (tertiary/aromatic N) is 4. The lowest BCUT2D eigenvalue weighted by Crippen LogP contribution is -2.35. The third-order valence-corrected chi connectivity index (χ3v) is 6.64. The molecule has 4 heterocycles. The molecule has 188 valence electrons. The molecule has 3 atom stereocenters. The van der Waals surface area contributed by atoms with Crippen molar-refractivity contribution in [1.29, 1.82) is 0 Å². The Labute approximate surface area is 206 Å². The summed E-state index contributed by atoms with van der Waals surface area (Å²) < 4.78 is 13.8. The molecule has 0 aliphatic carbocycles. The van der Waals surface area contributed by atoms with Gasteiger partial charge in [-0.25, -0.2) is 4.68 Å². The van der Waals surface area contributed by atoms with Crippen molar-refractivity contribution in [3.8, 4) is 11.1 Å². The number of benzene rings is 1. The summed E-state index contributed by atoms with van der Waals surface area (Å²) in [4.78, 5) is 0. The van der Waals surface area contributed by atoms with Gasteiger partial charge in [-0.2, -0.15) is 10.2 Å². The first kappa shape index (κ1) is 26.4. The zero-order valence-electron chi connectivity index (χ0n) is 22.1. The van der Waals surface area contributed by atoms with Crippen LogP contribution in [0, 0.1) is 13.8 Å². The molecule has 6 heteroatoms. The van der Waals surface area contributed by atoms with E-state index in [9.17, 15) is 0 Å². The van der Waals surface area contributed by atoms with Crippen LogP contribution in [0.25, 0.3) is 11.1 Å². The molecular formula is C28H44N4O2. The summed E-state index contributed by atoms with van der Waals surface area (Å²) in [5.74, 6) is 0.321. The molecule has 0 saturated carbocycles. The van der Waals surface area contributed by atoms with Gasteiger partial charge in [0.15, 0.2) is 0 Å². The summed E-state index contributed by atoms with van der Waals surface area (Å²) in [6, 6.07) is 4.64. The van der Waals surface area contributed by atoms with E-state index in [-0.39, 0.29) is 12.5 Å². The van der Waals surface area contributed by atoms with Crippen LogP contribution in [0.5, 0.6) is 0 Å². The van der Waals surface area contributed by atoms with Crippen LogP contribution in [0.15, 0.2) is 29.6 Å². The molecule has 3 aliphatic rings. The zero-order valence-corrected chi connectivity index (χ0v) is 22.1. The molecule has 5 rings (SSSR count). The highest BCUT2D eigenvalue weighted by Gasteiger charge is 2.28. The van der Waals surface area contributed by atoms with Gasteiger partial charge in [-0.05, 0) is 74.6 Å². The first-order valence-corrected chi connectivity index (χ1v) is 13.4. The van der Waals surface area contributed by atoms with Gasteiger partial charge in [0.2, 0.25) is 0 Å². The number of hydrogen-bond donors (Lipinski definition) is 0. The van der Waals surface area contributed by atoms with Gasteiger partial charge < -0.3 is 9.47 Å². The van der Waals surface area contributed by atoms with Crippen molar-refractivity contribution in [3.05, 3.63) is 41.2 Å². The Balaban J connectivity index is 0.000000771. The fraction of sp³-hybridized carbons (Fsp3) is 0.643. The monoisotopic (exact) mass is 468 g/mol. The predicted octanol–water partition coefficient (Wildman–Crippen LogP) is 6.83. The van der Waals surface area contributed by atoms with E-state index in [1.165, 1.54) is 41.5 Å². The summed E-state index contributed by atoms with van der Waals surface area (Å²) in [7, 11) is 0. The zero-order chi connectivity index (χ0) is 24.5. The van der Waals surface area contributed by atoms with E-state index in [1.54, 1.807) is 0 Å². The normalized spacial score (nSPS) is 24.2. The molecule has 1 aromatic heterocycles. The minimum Gasteiger partial charge on any atom is -0.357 e. The standard InChI is InChI=1S/C24H32N4O2.2C2H6/c1-17-11-22(20-14-26-28(16-20)24-8-4-6-10-30-24)18(2)12-21(17)19-13-25-27(15-19)23-7-3-5-9-29-23;2*1-2/h11-15,20,23-24H,3-10,16H2,1-2H3;2*1-2H3. The summed E-state index contributed by atoms with van der Waals surface area (Å²) in [6.45, 7) is 15.0. The summed E-state index contributed by atoms with van der Waals surface area (Å²) >= 11 is 0. The number of aryl methyl sites for hydroxylation is 2. The van der Waals surface area contributed by atoms with Crippen molar-refractivity contribution in [2.75, 3.05) is 19.8 Å². The Bertz CT molecular complexity index is 911. The number of hydrazone groups is 1. The van der Waals surface area contributed by atoms with E-state index < -0.39 is 0 Å². The van der Waals surface area contributed by atoms with Crippen LogP contribution in [0.1, 0.15) is 95.1 Å². The summed E-state index contributed by atoms with van der Waals surface area (Å²) in [5.41, 5.74) is 6.36. The lowest BCUT2D eigenvalue weighted by Gasteiger charge is -2.30. The van der Waals surface area contributed by atoms with Crippen molar-refractivity contribution < 1.29 is 9.47 Å². The van der Waals surface area contributed by atoms with E-state index in [4.69, 9.17) is 9.47 Å². The van der Waals surface area contributed by atoms with Gasteiger partial charge in [0, 0.05) is 37.1 Å². The van der Waals surface area contributed by atoms with Crippen LogP contribution in [0.4, 0.5) is 0 Å². The van der Waals surface area contributed by atoms with Crippen molar-refractivity contribution in [3.63, 3.8) is 0 Å². The SMILES string of the molecule is CC.CC.Cc1cc(C2C=NN(C3CCCCO3)C2)c(C)cc1-c1cnn(C2CCCCO2)c1. The maximum Gasteiger partial charge on any atom is 0.150 e. The van der Waals surface area contributed by atoms with Gasteiger partial charge in [0.05, 0.1) is 12.7 Å². The van der Waals surface area contributed by atoms with Crippen molar-refractivity contribution in [1.82, 2.24) is 14.8 Å². The lowest BCUT2D eigenvalue weighted by atomic mass is 9.90. The molecular weight excluding hydrogens is 424 g/mol. The summed E-state index contributed by atoms with van der Waals surface area (Å²) in [5, 5.41) is 11.4. The van der Waals surface area contributed by atoms with Crippen LogP contribution >= 0.6 is 0 Å². The number of hydrogen-bond acceptors (Lipinski definition) is 5. The molecule has 3 aliphatic heterocycles. The third kappa shape index (κ3) is 6.08. The van der Waals surface area contributed by atoms with Crippen LogP contribution < -0.4 is 0 Å². The topological polar surface area (TPSA) is 51.9 Å². The molecule has 2 fully saturated rings. The molecule has 0 spiro atoms. The second kappa shape index (κ2) is 13.1. The van der Waals surface area contributed by atoms with Gasteiger partial charge in [-0.3, -0.25) is 5.01 Å². The molecule has 0 radical (unpaired) electrons. The maximum atomic E-state index is 5.92. The third-order valence-electron chi connectivity index (χ3n) is 6.64. The Hall–Kier alpha value is -2.18. The van der Waals surface area contributed by atoms with Gasteiger partial charge in [0.25, 0.3) is 0 Å². The van der Waals surface area contributed by atoms with Gasteiger partial charge >= 0.3 is 0 Å². The highest BCUT2D eigenvalue weighted by atomic mass is 16.5. The molecule has 0 bridgehead atoms. The summed E-state index contributed by atoms with van der Waals surface area (Å²) in [6.07, 6.45) is 13.3. The molecule has 1 aromatic carbocycles. The number of aromatic nitrogens is 2. The van der Waals surface area contributed by atoms with E-state index in [1.807, 2.05) is 38.6 Å². The molecule has 2 saturated heterocycles. The van der Waals surface area contributed by atoms with Crippen LogP contribution in [0.3, 0.4) is 0 Å². The molecule has 6 nitrogen and oxygen atoms in total. The van der Waals surface area contributed by atoms with E-state index in [0.29, 0.717) is 5.92 Å². The van der Waals surface area contributed by atoms with Crippen LogP contribution in [-0.2, 0) is 9.47 Å². The molecule has 0 amide bonds. The average molecular weight is 469 g/mol. The van der Waals surface area contributed by atoms with Gasteiger partial charge in [0.1, 0.15) is 12.5 Å². The van der Waals surface area contributed by atoms with Gasteiger partial charge in [-0.15, -0.1) is 0 Å². The van der Waals surface area contributed by atoms with Crippen molar-refractivity contribution in [2.24, 2.45) is 5.10 Å². The van der Waals surface area contributed by atoms with E-state index in [0.717, 1.165) is 44.6 Å². The second-order valence-electron chi connectivity index (χ2n) is 8.87. The highest BCUT2D eigenvalue weighted by molar-refractivity contribution is 5.74. The van der Waals surface area contributed by atoms with Crippen molar-refractivity contribution in [2.45, 2.75) is 98.4 Å². The van der Waals surface area contributed by atoms with Crippen molar-refractivity contribution >= 4 is 6.21 Å². The number of ether oxygens (including phenoxy) is 2. The second-order valence-corrected chi connectivity index (χ2v) is 8.87. The van der Waals surface area contributed by atoms with E-state index >= 15 is 0 Å². The fourth-order valence-electron chi connectivity index (χ4n) is 4.91. The Morgan fingerprint density at radius 3 is 2.18 bits per heavy atom. The predicted molar refractivity (Wildman–Crippen MR) is 140 cm³/mol.